The van der Waals surface area contributed by atoms with Crippen LogP contribution in [0.3, 0.4) is 0 Å². The number of nitrogens with one attached hydrogen (secondary N) is 2. The number of anilines is 1. The Morgan fingerprint density at radius 3 is 2.88 bits per heavy atom. The van der Waals surface area contributed by atoms with Gasteiger partial charge in [-0.05, 0) is 31.5 Å². The highest BCUT2D eigenvalue weighted by Crippen LogP contribution is 2.20. The van der Waals surface area contributed by atoms with Gasteiger partial charge in [-0.15, -0.1) is 0 Å². The lowest BCUT2D eigenvalue weighted by atomic mass is 10.2. The number of hydrogen-bond donors (Lipinski definition) is 2. The van der Waals surface area contributed by atoms with Crippen LogP contribution < -0.4 is 10.6 Å². The van der Waals surface area contributed by atoms with Gasteiger partial charge in [0.2, 0.25) is 5.91 Å². The van der Waals surface area contributed by atoms with E-state index in [9.17, 15) is 9.18 Å². The van der Waals surface area contributed by atoms with Gasteiger partial charge in [0.1, 0.15) is 11.9 Å². The van der Waals surface area contributed by atoms with Crippen molar-refractivity contribution in [3.8, 4) is 0 Å². The summed E-state index contributed by atoms with van der Waals surface area (Å²) in [4.78, 5) is 11.6. The molecule has 0 aliphatic carbocycles. The zero-order chi connectivity index (χ0) is 12.8. The molecule has 5 heteroatoms. The fraction of sp³-hybridized carbons (Fsp3) is 0.417. The van der Waals surface area contributed by atoms with Gasteiger partial charge < -0.3 is 10.6 Å². The molecule has 2 N–H and O–H groups in total. The fourth-order valence-corrected chi connectivity index (χ4v) is 1.48. The number of halogens is 2. The van der Waals surface area contributed by atoms with E-state index >= 15 is 0 Å². The number of hydrogen-bond acceptors (Lipinski definition) is 2. The van der Waals surface area contributed by atoms with Crippen LogP contribution in [0.2, 0.25) is 5.02 Å². The maximum absolute atomic E-state index is 13.4. The maximum Gasteiger partial charge on any atom is 0.242 e. The van der Waals surface area contributed by atoms with Crippen molar-refractivity contribution in [3.05, 3.63) is 29.0 Å². The molecule has 0 radical (unpaired) electrons. The summed E-state index contributed by atoms with van der Waals surface area (Å²) in [6.07, 6.45) is 0.865. The smallest absolute Gasteiger partial charge is 0.242 e. The van der Waals surface area contributed by atoms with Crippen molar-refractivity contribution in [2.45, 2.75) is 26.3 Å². The Kier molecular flexibility index (Phi) is 5.22. The molecule has 94 valence electrons. The van der Waals surface area contributed by atoms with Gasteiger partial charge in [0.05, 0.1) is 5.69 Å². The third-order valence-electron chi connectivity index (χ3n) is 2.24. The molecule has 0 saturated carbocycles. The number of carbonyl (C=O) groups excluding carboxylic acids is 1. The molecule has 3 nitrogen and oxygen atoms in total. The number of rotatable bonds is 5. The third kappa shape index (κ3) is 4.23. The van der Waals surface area contributed by atoms with Crippen LogP contribution in [0.1, 0.15) is 20.3 Å². The van der Waals surface area contributed by atoms with Gasteiger partial charge in [-0.25, -0.2) is 4.39 Å². The fourth-order valence-electron chi connectivity index (χ4n) is 1.31. The lowest BCUT2D eigenvalue weighted by molar-refractivity contribution is -0.121. The van der Waals surface area contributed by atoms with Crippen LogP contribution in [-0.4, -0.2) is 18.5 Å². The highest BCUT2D eigenvalue weighted by atomic mass is 35.5. The molecule has 1 atom stereocenters. The van der Waals surface area contributed by atoms with Gasteiger partial charge in [0.15, 0.2) is 0 Å². The van der Waals surface area contributed by atoms with Crippen molar-refractivity contribution >= 4 is 23.2 Å². The zero-order valence-corrected chi connectivity index (χ0v) is 10.6. The molecule has 0 aliphatic rings. The first-order valence-electron chi connectivity index (χ1n) is 5.54. The van der Waals surface area contributed by atoms with Crippen LogP contribution in [0.4, 0.5) is 10.1 Å². The van der Waals surface area contributed by atoms with E-state index in [1.807, 2.05) is 6.92 Å². The van der Waals surface area contributed by atoms with E-state index in [-0.39, 0.29) is 11.6 Å². The largest absolute Gasteiger partial charge is 0.371 e. The van der Waals surface area contributed by atoms with Crippen molar-refractivity contribution in [1.82, 2.24) is 5.32 Å². The van der Waals surface area contributed by atoms with E-state index in [1.165, 1.54) is 18.2 Å². The Balaban J connectivity index is 2.64. The summed E-state index contributed by atoms with van der Waals surface area (Å²) in [5.41, 5.74) is 0.233. The van der Waals surface area contributed by atoms with Crippen LogP contribution in [0.15, 0.2) is 18.2 Å². The van der Waals surface area contributed by atoms with E-state index in [4.69, 9.17) is 11.6 Å². The average Bonchev–Trinajstić information content (AvgIpc) is 2.30. The molecule has 1 rings (SSSR count). The van der Waals surface area contributed by atoms with E-state index in [0.29, 0.717) is 11.6 Å². The summed E-state index contributed by atoms with van der Waals surface area (Å²) in [7, 11) is 0. The van der Waals surface area contributed by atoms with Crippen LogP contribution >= 0.6 is 11.6 Å². The standard InChI is InChI=1S/C12H16ClFN2O/c1-3-6-15-12(17)8(2)16-11-7-9(13)4-5-10(11)14/h4-5,7-8,16H,3,6H2,1-2H3,(H,15,17). The molecular weight excluding hydrogens is 243 g/mol. The van der Waals surface area contributed by atoms with Crippen LogP contribution in [0, 0.1) is 5.82 Å². The first-order valence-corrected chi connectivity index (χ1v) is 5.91. The predicted molar refractivity (Wildman–Crippen MR) is 67.8 cm³/mol. The summed E-state index contributed by atoms with van der Waals surface area (Å²) < 4.78 is 13.4. The SMILES string of the molecule is CCCNC(=O)C(C)Nc1cc(Cl)ccc1F. The van der Waals surface area contributed by atoms with Gasteiger partial charge in [-0.3, -0.25) is 4.79 Å². The quantitative estimate of drug-likeness (QED) is 0.853. The van der Waals surface area contributed by atoms with Crippen LogP contribution in [0.25, 0.3) is 0 Å². The monoisotopic (exact) mass is 258 g/mol. The minimum atomic E-state index is -0.505. The summed E-state index contributed by atoms with van der Waals surface area (Å²) >= 11 is 5.76. The molecule has 1 aromatic rings. The topological polar surface area (TPSA) is 41.1 Å². The molecular formula is C12H16ClFN2O. The molecule has 0 spiro atoms. The second-order valence-corrected chi connectivity index (χ2v) is 4.22. The molecule has 1 amide bonds. The number of amides is 1. The molecule has 0 aliphatic heterocycles. The van der Waals surface area contributed by atoms with Crippen LogP contribution in [0.5, 0.6) is 0 Å². The minimum Gasteiger partial charge on any atom is -0.371 e. The van der Waals surface area contributed by atoms with Crippen molar-refractivity contribution < 1.29 is 9.18 Å². The number of carbonyl (C=O) groups is 1. The first kappa shape index (κ1) is 13.8. The summed E-state index contributed by atoms with van der Waals surface area (Å²) in [5.74, 6) is -0.587. The van der Waals surface area contributed by atoms with Crippen molar-refractivity contribution in [3.63, 3.8) is 0 Å². The van der Waals surface area contributed by atoms with E-state index in [0.717, 1.165) is 6.42 Å². The van der Waals surface area contributed by atoms with Gasteiger partial charge in [-0.1, -0.05) is 18.5 Å². The minimum absolute atomic E-state index is 0.161. The first-order chi connectivity index (χ1) is 8.04. The summed E-state index contributed by atoms with van der Waals surface area (Å²) in [6.45, 7) is 4.25. The third-order valence-corrected chi connectivity index (χ3v) is 2.48. The highest BCUT2D eigenvalue weighted by molar-refractivity contribution is 6.30. The Morgan fingerprint density at radius 1 is 1.53 bits per heavy atom. The van der Waals surface area contributed by atoms with Gasteiger partial charge in [-0.2, -0.15) is 0 Å². The summed E-state index contributed by atoms with van der Waals surface area (Å²) in [5, 5.41) is 5.94. The zero-order valence-electron chi connectivity index (χ0n) is 9.89. The van der Waals surface area contributed by atoms with E-state index in [2.05, 4.69) is 10.6 Å². The predicted octanol–water partition coefficient (Wildman–Crippen LogP) is 2.81. The Morgan fingerprint density at radius 2 is 2.24 bits per heavy atom. The molecule has 0 saturated heterocycles. The second-order valence-electron chi connectivity index (χ2n) is 3.78. The molecule has 17 heavy (non-hydrogen) atoms. The molecule has 0 heterocycles. The van der Waals surface area contributed by atoms with E-state index in [1.54, 1.807) is 6.92 Å². The maximum atomic E-state index is 13.4. The average molecular weight is 259 g/mol. The van der Waals surface area contributed by atoms with Crippen molar-refractivity contribution in [2.75, 3.05) is 11.9 Å². The van der Waals surface area contributed by atoms with Crippen molar-refractivity contribution in [2.24, 2.45) is 0 Å². The highest BCUT2D eigenvalue weighted by Gasteiger charge is 2.13. The molecule has 1 aromatic carbocycles. The molecule has 1 unspecified atom stereocenters. The van der Waals surface area contributed by atoms with Gasteiger partial charge >= 0.3 is 0 Å². The molecule has 0 bridgehead atoms. The second kappa shape index (κ2) is 6.45. The van der Waals surface area contributed by atoms with Gasteiger partial charge in [0, 0.05) is 11.6 Å². The lowest BCUT2D eigenvalue weighted by Gasteiger charge is -2.15. The van der Waals surface area contributed by atoms with Crippen molar-refractivity contribution in [1.29, 1.82) is 0 Å². The number of benzene rings is 1. The normalized spacial score (nSPS) is 12.0. The van der Waals surface area contributed by atoms with Gasteiger partial charge in [0.25, 0.3) is 0 Å². The Hall–Kier alpha value is -1.29. The van der Waals surface area contributed by atoms with Crippen LogP contribution in [-0.2, 0) is 4.79 Å². The lowest BCUT2D eigenvalue weighted by Crippen LogP contribution is -2.38. The van der Waals surface area contributed by atoms with E-state index < -0.39 is 11.9 Å². The Labute approximate surface area is 105 Å². The Bertz CT molecular complexity index is 398. The molecule has 0 fully saturated rings. The summed E-state index contributed by atoms with van der Waals surface area (Å²) in [6, 6.07) is 3.68. The molecule has 0 aromatic heterocycles.